The van der Waals surface area contributed by atoms with Crippen molar-refractivity contribution in [3.05, 3.63) is 56.8 Å². The Bertz CT molecular complexity index is 1100. The fourth-order valence-electron chi connectivity index (χ4n) is 2.88. The summed E-state index contributed by atoms with van der Waals surface area (Å²) in [6, 6.07) is 8.88. The van der Waals surface area contributed by atoms with Crippen molar-refractivity contribution in [3.8, 4) is 0 Å². The van der Waals surface area contributed by atoms with Crippen molar-refractivity contribution in [2.75, 3.05) is 11.9 Å². The van der Waals surface area contributed by atoms with E-state index in [1.54, 1.807) is 32.0 Å². The summed E-state index contributed by atoms with van der Waals surface area (Å²) in [5, 5.41) is 8.67. The summed E-state index contributed by atoms with van der Waals surface area (Å²) >= 11 is 1.32. The van der Waals surface area contributed by atoms with Crippen LogP contribution in [0.1, 0.15) is 34.8 Å². The zero-order valence-corrected chi connectivity index (χ0v) is 16.8. The Morgan fingerprint density at radius 3 is 2.61 bits per heavy atom. The molecule has 28 heavy (non-hydrogen) atoms. The number of aryl methyl sites for hydroxylation is 2. The first-order valence-corrected chi connectivity index (χ1v) is 9.82. The molecule has 0 saturated heterocycles. The molecule has 0 aliphatic carbocycles. The molecule has 0 unspecified atom stereocenters. The summed E-state index contributed by atoms with van der Waals surface area (Å²) in [5.41, 5.74) is 0.661. The largest absolute Gasteiger partial charge is 0.462 e. The highest BCUT2D eigenvalue weighted by Crippen LogP contribution is 2.29. The van der Waals surface area contributed by atoms with E-state index in [9.17, 15) is 14.4 Å². The van der Waals surface area contributed by atoms with Crippen LogP contribution in [0, 0.1) is 6.92 Å². The number of fused-ring (bicyclic) bond motifs is 1. The minimum Gasteiger partial charge on any atom is -0.462 e. The summed E-state index contributed by atoms with van der Waals surface area (Å²) < 4.78 is 6.20. The number of esters is 1. The molecule has 0 spiro atoms. The third-order valence-corrected chi connectivity index (χ3v) is 5.42. The van der Waals surface area contributed by atoms with E-state index in [4.69, 9.17) is 4.74 Å². The van der Waals surface area contributed by atoms with Gasteiger partial charge in [-0.3, -0.25) is 9.59 Å². The molecule has 0 radical (unpaired) electrons. The van der Waals surface area contributed by atoms with Crippen molar-refractivity contribution in [2.24, 2.45) is 0 Å². The second-order valence-electron chi connectivity index (χ2n) is 6.17. The lowest BCUT2D eigenvalue weighted by Gasteiger charge is -2.09. The van der Waals surface area contributed by atoms with Gasteiger partial charge in [-0.05, 0) is 32.4 Å². The molecule has 3 aromatic rings. The van der Waals surface area contributed by atoms with Crippen LogP contribution in [0.2, 0.25) is 0 Å². The van der Waals surface area contributed by atoms with Gasteiger partial charge >= 0.3 is 5.97 Å². The summed E-state index contributed by atoms with van der Waals surface area (Å²) in [7, 11) is 0. The van der Waals surface area contributed by atoms with Crippen LogP contribution >= 0.6 is 11.3 Å². The van der Waals surface area contributed by atoms with Gasteiger partial charge in [-0.1, -0.05) is 25.1 Å². The number of carbonyl (C=O) groups is 2. The van der Waals surface area contributed by atoms with Gasteiger partial charge in [0.2, 0.25) is 5.91 Å². The van der Waals surface area contributed by atoms with Crippen molar-refractivity contribution < 1.29 is 14.3 Å². The van der Waals surface area contributed by atoms with Crippen LogP contribution in [-0.4, -0.2) is 28.3 Å². The fourth-order valence-corrected chi connectivity index (χ4v) is 3.88. The summed E-state index contributed by atoms with van der Waals surface area (Å²) in [5.74, 6) is -0.912. The number of thiophene rings is 1. The highest BCUT2D eigenvalue weighted by Gasteiger charge is 2.19. The van der Waals surface area contributed by atoms with Gasteiger partial charge in [0.25, 0.3) is 5.56 Å². The molecule has 146 valence electrons. The number of anilines is 1. The number of nitrogens with zero attached hydrogens (tertiary/aromatic N) is 2. The Balaban J connectivity index is 1.86. The van der Waals surface area contributed by atoms with Crippen LogP contribution in [-0.2, 0) is 22.5 Å². The predicted molar refractivity (Wildman–Crippen MR) is 109 cm³/mol. The molecule has 0 aliphatic heterocycles. The topological polar surface area (TPSA) is 90.3 Å². The van der Waals surface area contributed by atoms with Crippen LogP contribution in [0.4, 0.5) is 5.00 Å². The monoisotopic (exact) mass is 399 g/mol. The van der Waals surface area contributed by atoms with Crippen LogP contribution in [0.25, 0.3) is 10.8 Å². The molecular formula is C20H21N3O4S. The minimum atomic E-state index is -0.481. The van der Waals surface area contributed by atoms with Gasteiger partial charge in [0.15, 0.2) is 0 Å². The van der Waals surface area contributed by atoms with Crippen molar-refractivity contribution in [1.29, 1.82) is 0 Å². The predicted octanol–water partition coefficient (Wildman–Crippen LogP) is 3.14. The Hall–Kier alpha value is -3.00. The van der Waals surface area contributed by atoms with Crippen LogP contribution in [0.5, 0.6) is 0 Å². The number of ether oxygens (including phenoxy) is 1. The number of rotatable bonds is 6. The average Bonchev–Trinajstić information content (AvgIpc) is 3.09. The number of aromatic nitrogens is 2. The number of hydrogen-bond acceptors (Lipinski definition) is 6. The molecule has 0 saturated carbocycles. The molecule has 2 heterocycles. The maximum Gasteiger partial charge on any atom is 0.341 e. The van der Waals surface area contributed by atoms with Crippen molar-refractivity contribution >= 4 is 39.0 Å². The third-order valence-electron chi connectivity index (χ3n) is 4.23. The Morgan fingerprint density at radius 1 is 1.21 bits per heavy atom. The van der Waals surface area contributed by atoms with E-state index in [-0.39, 0.29) is 18.7 Å². The number of carbonyl (C=O) groups excluding carboxylic acids is 2. The van der Waals surface area contributed by atoms with Gasteiger partial charge in [0.05, 0.1) is 23.3 Å². The molecule has 7 nitrogen and oxygen atoms in total. The first-order chi connectivity index (χ1) is 13.4. The molecule has 1 amide bonds. The Kier molecular flexibility index (Phi) is 5.89. The number of nitrogens with one attached hydrogen (secondary N) is 1. The number of hydrogen-bond donors (Lipinski definition) is 1. The summed E-state index contributed by atoms with van der Waals surface area (Å²) in [6.45, 7) is 5.49. The summed E-state index contributed by atoms with van der Waals surface area (Å²) in [6.07, 6.45) is 0.734. The van der Waals surface area contributed by atoms with E-state index in [1.165, 1.54) is 11.3 Å². The zero-order valence-electron chi connectivity index (χ0n) is 15.9. The SMILES string of the molecule is CCOC(=O)c1cc(CC)sc1NC(=O)Cn1nc(C)c2ccccc2c1=O. The van der Waals surface area contributed by atoms with Crippen molar-refractivity contribution in [2.45, 2.75) is 33.7 Å². The highest BCUT2D eigenvalue weighted by molar-refractivity contribution is 7.16. The lowest BCUT2D eigenvalue weighted by atomic mass is 10.1. The first kappa shape index (κ1) is 19.8. The van der Waals surface area contributed by atoms with E-state index >= 15 is 0 Å². The molecule has 1 N–H and O–H groups in total. The quantitative estimate of drug-likeness (QED) is 0.643. The van der Waals surface area contributed by atoms with E-state index in [2.05, 4.69) is 10.4 Å². The third kappa shape index (κ3) is 3.96. The van der Waals surface area contributed by atoms with Gasteiger partial charge in [-0.2, -0.15) is 5.10 Å². The smallest absolute Gasteiger partial charge is 0.341 e. The maximum absolute atomic E-state index is 12.6. The Labute approximate surface area is 165 Å². The molecule has 1 aromatic carbocycles. The second-order valence-corrected chi connectivity index (χ2v) is 7.31. The van der Waals surface area contributed by atoms with Crippen LogP contribution in [0.3, 0.4) is 0 Å². The van der Waals surface area contributed by atoms with Crippen LogP contribution in [0.15, 0.2) is 35.1 Å². The normalized spacial score (nSPS) is 10.8. The number of benzene rings is 1. The van der Waals surface area contributed by atoms with Crippen molar-refractivity contribution in [1.82, 2.24) is 9.78 Å². The molecule has 0 aliphatic rings. The molecule has 0 fully saturated rings. The lowest BCUT2D eigenvalue weighted by molar-refractivity contribution is -0.116. The van der Waals surface area contributed by atoms with Gasteiger partial charge in [0.1, 0.15) is 11.5 Å². The molecule has 0 atom stereocenters. The van der Waals surface area contributed by atoms with Gasteiger partial charge < -0.3 is 10.1 Å². The van der Waals surface area contributed by atoms with Gasteiger partial charge in [0, 0.05) is 10.3 Å². The minimum absolute atomic E-state index is 0.244. The standard InChI is InChI=1S/C20H21N3O4S/c1-4-13-10-16(20(26)27-5-2)18(28-13)21-17(24)11-23-19(25)15-9-7-6-8-14(15)12(3)22-23/h6-10H,4-5,11H2,1-3H3,(H,21,24). The second kappa shape index (κ2) is 8.35. The summed E-state index contributed by atoms with van der Waals surface area (Å²) in [4.78, 5) is 38.3. The van der Waals surface area contributed by atoms with E-state index < -0.39 is 11.9 Å². The molecule has 3 rings (SSSR count). The van der Waals surface area contributed by atoms with E-state index in [0.29, 0.717) is 21.6 Å². The maximum atomic E-state index is 12.6. The molecule has 8 heteroatoms. The molecular weight excluding hydrogens is 378 g/mol. The number of amides is 1. The van der Waals surface area contributed by atoms with Crippen molar-refractivity contribution in [3.63, 3.8) is 0 Å². The van der Waals surface area contributed by atoms with Gasteiger partial charge in [-0.15, -0.1) is 11.3 Å². The first-order valence-electron chi connectivity index (χ1n) is 9.00. The fraction of sp³-hybridized carbons (Fsp3) is 0.300. The molecule has 0 bridgehead atoms. The average molecular weight is 399 g/mol. The Morgan fingerprint density at radius 2 is 1.93 bits per heavy atom. The zero-order chi connectivity index (χ0) is 20.3. The van der Waals surface area contributed by atoms with Crippen LogP contribution < -0.4 is 10.9 Å². The highest BCUT2D eigenvalue weighted by atomic mass is 32.1. The lowest BCUT2D eigenvalue weighted by Crippen LogP contribution is -2.30. The van der Waals surface area contributed by atoms with Gasteiger partial charge in [-0.25, -0.2) is 9.48 Å². The van der Waals surface area contributed by atoms with E-state index in [0.717, 1.165) is 21.4 Å². The molecule has 2 aromatic heterocycles. The van der Waals surface area contributed by atoms with E-state index in [1.807, 2.05) is 19.1 Å².